The molecule has 15 rings (SSSR count). The maximum Gasteiger partial charge on any atom is 0.276 e. The first-order valence-electron chi connectivity index (χ1n) is 42.1. The number of nitrogen functional groups attached to an aromatic ring is 2. The molecule has 26 nitrogen and oxygen atoms in total. The van der Waals surface area contributed by atoms with E-state index in [1.165, 1.54) is 52.1 Å². The molecule has 4 N–H and O–H groups in total. The number of hydrogen-bond acceptors (Lipinski definition) is 20. The Morgan fingerprint density at radius 1 is 0.409 bits per heavy atom. The minimum atomic E-state index is -2.36. The van der Waals surface area contributed by atoms with Gasteiger partial charge in [0.15, 0.2) is 58.2 Å². The molecule has 3 saturated heterocycles. The molecule has 3 aromatic carbocycles. The predicted molar refractivity (Wildman–Crippen MR) is 502 cm³/mol. The molecule has 3 aliphatic rings. The number of nitrogens with zero attached hydrogens (tertiary/aromatic N) is 18. The molecule has 3 amide bonds. The average molecular weight is 1980 g/mol. The highest BCUT2D eigenvalue weighted by molar-refractivity contribution is 6.39. The summed E-state index contributed by atoms with van der Waals surface area (Å²) >= 11 is 31.8. The molecule has 0 radical (unpaired) electrons. The van der Waals surface area contributed by atoms with Crippen LogP contribution in [-0.2, 0) is 14.4 Å². The van der Waals surface area contributed by atoms with Gasteiger partial charge in [0, 0.05) is 112 Å². The zero-order valence-corrected chi connectivity index (χ0v) is 78.5. The molecule has 137 heavy (non-hydrogen) atoms. The number of rotatable bonds is 15. The normalized spacial score (nSPS) is 14.5. The lowest BCUT2D eigenvalue weighted by atomic mass is 10.0. The molecule has 0 aliphatic carbocycles. The van der Waals surface area contributed by atoms with Crippen molar-refractivity contribution in [2.75, 3.05) is 91.6 Å². The van der Waals surface area contributed by atoms with E-state index in [-0.39, 0.29) is 202 Å². The monoisotopic (exact) mass is 1980 g/mol. The highest BCUT2D eigenvalue weighted by Crippen LogP contribution is 2.48. The Morgan fingerprint density at radius 2 is 0.708 bits per heavy atom. The molecule has 0 saturated carbocycles. The van der Waals surface area contributed by atoms with Crippen LogP contribution in [0.5, 0.6) is 0 Å². The van der Waals surface area contributed by atoms with E-state index >= 15 is 22.0 Å². The molecule has 12 aromatic rings. The highest BCUT2D eigenvalue weighted by Gasteiger charge is 2.40. The third-order valence-electron chi connectivity index (χ3n) is 23.7. The number of anilines is 5. The van der Waals surface area contributed by atoms with E-state index in [4.69, 9.17) is 74.5 Å². The third-order valence-corrected chi connectivity index (χ3v) is 25.3. The number of nitriles is 3. The summed E-state index contributed by atoms with van der Waals surface area (Å²) in [5.41, 5.74) is 5.96. The van der Waals surface area contributed by atoms with Crippen molar-refractivity contribution in [2.24, 2.45) is 0 Å². The van der Waals surface area contributed by atoms with Gasteiger partial charge in [-0.15, -0.1) is 0 Å². The molecule has 0 bridgehead atoms. The summed E-state index contributed by atoms with van der Waals surface area (Å²) < 4.78 is 165. The van der Waals surface area contributed by atoms with E-state index in [1.807, 2.05) is 72.4 Å². The summed E-state index contributed by atoms with van der Waals surface area (Å²) in [6, 6.07) is 14.2. The summed E-state index contributed by atoms with van der Waals surface area (Å²) in [6.45, 7) is 32.8. The van der Waals surface area contributed by atoms with Crippen molar-refractivity contribution in [2.45, 2.75) is 106 Å². The van der Waals surface area contributed by atoms with Crippen LogP contribution in [0.2, 0.25) is 25.1 Å². The molecule has 12 heterocycles. The highest BCUT2D eigenvalue weighted by atomic mass is 35.5. The molecule has 3 fully saturated rings. The van der Waals surface area contributed by atoms with Gasteiger partial charge in [0.25, 0.3) is 16.7 Å². The summed E-state index contributed by atoms with van der Waals surface area (Å²) in [7, 11) is 0. The van der Waals surface area contributed by atoms with Gasteiger partial charge in [-0.05, 0) is 124 Å². The van der Waals surface area contributed by atoms with E-state index in [0.717, 1.165) is 9.13 Å². The first-order valence-corrected chi connectivity index (χ1v) is 43.9. The molecule has 0 unspecified atom stereocenters. The Kier molecular flexibility index (Phi) is 29.1. The Bertz CT molecular complexity index is 7120. The van der Waals surface area contributed by atoms with E-state index in [2.05, 4.69) is 50.7 Å². The molecular formula is C95H80Cl5F11N20O6. The fourth-order valence-electron chi connectivity index (χ4n) is 17.3. The quantitative estimate of drug-likeness (QED) is 0.0316. The Morgan fingerprint density at radius 3 is 1.02 bits per heavy atom. The van der Waals surface area contributed by atoms with Gasteiger partial charge in [-0.1, -0.05) is 119 Å². The summed E-state index contributed by atoms with van der Waals surface area (Å²) in [4.78, 5) is 117. The number of pyridine rings is 9. The summed E-state index contributed by atoms with van der Waals surface area (Å²) in [5, 5.41) is 29.1. The van der Waals surface area contributed by atoms with Gasteiger partial charge < -0.3 is 40.9 Å². The topological polar surface area (TPSA) is 337 Å². The second kappa shape index (κ2) is 39.7. The van der Waals surface area contributed by atoms with E-state index in [0.29, 0.717) is 39.5 Å². The van der Waals surface area contributed by atoms with Gasteiger partial charge in [-0.25, -0.2) is 63.2 Å². The molecule has 3 aliphatic heterocycles. The number of hydrogen-bond donors (Lipinski definition) is 2. The lowest BCUT2D eigenvalue weighted by Gasteiger charge is -2.45. The lowest BCUT2D eigenvalue weighted by Crippen LogP contribution is -2.58. The first kappa shape index (κ1) is 100. The van der Waals surface area contributed by atoms with Crippen molar-refractivity contribution in [3.63, 3.8) is 0 Å². The Balaban J connectivity index is 0.000000174. The lowest BCUT2D eigenvalue weighted by molar-refractivity contribution is -0.130. The predicted octanol–water partition coefficient (Wildman–Crippen LogP) is 18.5. The molecular weight excluding hydrogens is 1900 g/mol. The van der Waals surface area contributed by atoms with Gasteiger partial charge in [-0.3, -0.25) is 57.4 Å². The van der Waals surface area contributed by atoms with Crippen LogP contribution in [0, 0.1) is 119 Å². The molecule has 2 atom stereocenters. The number of fused-ring (bicyclic) bond motifs is 3. The number of carbonyl (C=O) groups is 3. The molecule has 708 valence electrons. The van der Waals surface area contributed by atoms with Crippen molar-refractivity contribution >= 4 is 137 Å². The smallest absolute Gasteiger partial charge is 0.276 e. The van der Waals surface area contributed by atoms with Gasteiger partial charge in [0.2, 0.25) is 23.5 Å². The number of halogens is 16. The largest absolute Gasteiger partial charge is 0.397 e. The number of nitrogens with two attached hydrogens (primary N) is 2. The average Bonchev–Trinajstić information content (AvgIpc) is 0.729. The molecule has 0 spiro atoms. The second-order valence-electron chi connectivity index (χ2n) is 33.2. The Labute approximate surface area is 799 Å². The van der Waals surface area contributed by atoms with Gasteiger partial charge in [-0.2, -0.15) is 15.8 Å². The minimum absolute atomic E-state index is 0.00155. The van der Waals surface area contributed by atoms with E-state index in [1.54, 1.807) is 71.0 Å². The number of piperazine rings is 3. The van der Waals surface area contributed by atoms with Gasteiger partial charge >= 0.3 is 0 Å². The second-order valence-corrected chi connectivity index (χ2v) is 35.1. The summed E-state index contributed by atoms with van der Waals surface area (Å²) in [6.07, 6.45) is 8.28. The molecule has 9 aromatic heterocycles. The number of benzene rings is 3. The van der Waals surface area contributed by atoms with Crippen LogP contribution >= 0.6 is 58.0 Å². The van der Waals surface area contributed by atoms with Crippen molar-refractivity contribution in [3.8, 4) is 69.0 Å². The van der Waals surface area contributed by atoms with Crippen LogP contribution in [0.1, 0.15) is 124 Å². The van der Waals surface area contributed by atoms with Crippen LogP contribution in [0.15, 0.2) is 107 Å². The van der Waals surface area contributed by atoms with Crippen LogP contribution in [0.25, 0.3) is 83.9 Å². The van der Waals surface area contributed by atoms with Crippen LogP contribution in [0.3, 0.4) is 0 Å². The third kappa shape index (κ3) is 17.6. The maximum absolute atomic E-state index is 15.6. The van der Waals surface area contributed by atoms with Gasteiger partial charge in [0.05, 0.1) is 106 Å². The minimum Gasteiger partial charge on any atom is -0.397 e. The standard InChI is InChI=1S/C33H30Cl3F2N7O2.C31H24ClF5N6O2.C31H26ClF4N7O2/c1-7-21(46)44-16(5)12-43(13-17(44)6)31-18-10-20(34)29(22-25(37)23(35)26(38)24(36)27(22)40)42-32(18)45(33(47)19(31)11-39)30-15(4)8-9-41-28(30)14(2)3;1-5-19(44)41-8-10-42(11-9-41)29-16-12-18(32)27(20-21(33)23(35)25(37)24(36)22(20)34)40-30(16)43(31(45)17(29)13-38)28-15(4)6-7-39-26(28)14(2)3;1-5-19(44)41-8-10-42(11-9-41)29-16-12-18(32)27(20-21(33)23(35)24(36)25(38)22(20)34)40-30(16)43(31(45)17(29)13-37)28-15(4)6-7-39-26(28)14(2)3/h7-10,14,16-17H,1,12-13,40H2,2-6H3;5-7,12,14H,1,8-11H2,2-4H3;5-7,12,14H,1,8-11,38H2,2-4H3/t16-,17+;;. The maximum atomic E-state index is 15.6. The van der Waals surface area contributed by atoms with Crippen LogP contribution < -0.4 is 42.8 Å². The van der Waals surface area contributed by atoms with Crippen LogP contribution in [0.4, 0.5) is 76.7 Å². The number of aromatic nitrogens is 9. The number of amides is 3. The van der Waals surface area contributed by atoms with Crippen molar-refractivity contribution in [1.82, 2.24) is 58.3 Å². The molecule has 42 heteroatoms. The number of aryl methyl sites for hydroxylation is 3. The zero-order chi connectivity index (χ0) is 100. The van der Waals surface area contributed by atoms with E-state index in [9.17, 15) is 70.9 Å². The summed E-state index contributed by atoms with van der Waals surface area (Å²) in [5.74, 6) is -22.5. The van der Waals surface area contributed by atoms with Crippen molar-refractivity contribution in [3.05, 3.63) is 264 Å². The fraction of sp³-hybridized carbons (Fsp3) is 0.274. The Hall–Kier alpha value is -14.0. The SMILES string of the molecule is C=CC(=O)N1CCN(c2c(C#N)c(=O)n(-c3c(C)ccnc3C(C)C)c3nc(-c4c(F)c(F)c(F)c(F)c4F)c(Cl)cc23)CC1.C=CC(=O)N1CCN(c2c(C#N)c(=O)n(-c3c(C)ccnc3C(C)C)c3nc(-c4c(F)c(N)c(F)c(F)c4F)c(Cl)cc23)CC1.C=CC(=O)N1[C@H](C)CN(c2c(C#N)c(=O)n(-c3c(C)ccnc3C(C)C)c3nc(-c4c(N)c(Cl)c(F)c(Cl)c4F)c(Cl)cc23)C[C@@H]1C. The fourth-order valence-corrected chi connectivity index (χ4v) is 18.4. The zero-order valence-electron chi connectivity index (χ0n) is 74.7. The first-order chi connectivity index (χ1) is 64.8. The van der Waals surface area contributed by atoms with Crippen molar-refractivity contribution < 1.29 is 62.7 Å². The van der Waals surface area contributed by atoms with Crippen molar-refractivity contribution in [1.29, 1.82) is 15.8 Å². The van der Waals surface area contributed by atoms with E-state index < -0.39 is 140 Å². The van der Waals surface area contributed by atoms with Gasteiger partial charge in [0.1, 0.15) is 67.6 Å². The van der Waals surface area contributed by atoms with Crippen LogP contribution in [-0.4, -0.2) is 154 Å². The number of carbonyl (C=O) groups excluding carboxylic acids is 3.